The molecule has 4 atom stereocenters. The molecule has 1 fully saturated rings. The minimum absolute atomic E-state index is 0.110. The molecule has 186 valence electrons. The van der Waals surface area contributed by atoms with E-state index in [1.54, 1.807) is 0 Å². The predicted octanol–water partition coefficient (Wildman–Crippen LogP) is -1.54. The number of fused-ring (bicyclic) bond motifs is 1. The predicted molar refractivity (Wildman–Crippen MR) is 119 cm³/mol. The van der Waals surface area contributed by atoms with E-state index in [2.05, 4.69) is 25.6 Å². The van der Waals surface area contributed by atoms with Gasteiger partial charge in [-0.1, -0.05) is 12.1 Å². The van der Waals surface area contributed by atoms with Gasteiger partial charge >= 0.3 is 7.60 Å². The highest BCUT2D eigenvalue weighted by Crippen LogP contribution is 2.39. The molecule has 1 aromatic carbocycles. The van der Waals surface area contributed by atoms with Crippen molar-refractivity contribution < 1.29 is 38.9 Å². The van der Waals surface area contributed by atoms with Gasteiger partial charge in [0.2, 0.25) is 5.91 Å². The summed E-state index contributed by atoms with van der Waals surface area (Å²) in [7, 11) is -4.21. The number of hydrogen-bond acceptors (Lipinski definition) is 10. The molecule has 0 spiro atoms. The van der Waals surface area contributed by atoms with Crippen LogP contribution >= 0.6 is 7.60 Å². The molecule has 2 amide bonds. The summed E-state index contributed by atoms with van der Waals surface area (Å²) in [6, 6.07) is 5.83. The fourth-order valence-electron chi connectivity index (χ4n) is 3.57. The Morgan fingerprint density at radius 3 is 2.51 bits per heavy atom. The summed E-state index contributed by atoms with van der Waals surface area (Å²) < 4.78 is 17.9. The summed E-state index contributed by atoms with van der Waals surface area (Å²) in [5, 5.41) is 25.6. The van der Waals surface area contributed by atoms with Gasteiger partial charge < -0.3 is 41.1 Å². The zero-order valence-electron chi connectivity index (χ0n) is 17.9. The van der Waals surface area contributed by atoms with Gasteiger partial charge in [0, 0.05) is 5.69 Å². The summed E-state index contributed by atoms with van der Waals surface area (Å²) in [6.07, 6.45) is -3.71. The van der Waals surface area contributed by atoms with Crippen molar-refractivity contribution in [3.05, 3.63) is 42.5 Å². The van der Waals surface area contributed by atoms with Crippen LogP contribution in [-0.4, -0.2) is 76.2 Å². The fraction of sp³-hybridized carbons (Fsp3) is 0.316. The molecule has 3 heterocycles. The minimum atomic E-state index is -4.21. The fourth-order valence-corrected chi connectivity index (χ4v) is 4.25. The van der Waals surface area contributed by atoms with Gasteiger partial charge in [0.25, 0.3) is 5.91 Å². The van der Waals surface area contributed by atoms with Crippen molar-refractivity contribution in [3.8, 4) is 0 Å². The average molecular weight is 507 g/mol. The third-order valence-electron chi connectivity index (χ3n) is 5.21. The standard InChI is InChI=1S/C19H22N7O8P/c20-16-12-17(23-7-22-16)26(8-24-12)19-14(29)13(28)15(34-19)18(30)21-5-11(27)25-10-3-1-9(2-4-10)6-35(31,32)33/h1-4,7-8,13-15,19,28-29H,5-6H2,(H,21,30)(H,25,27)(H2,20,22,23)(H2,31,32,33)/t13-,14-,15-,19+/m0/s1. The number of aliphatic hydroxyl groups excluding tert-OH is 2. The molecule has 1 aliphatic heterocycles. The monoisotopic (exact) mass is 507 g/mol. The molecule has 0 bridgehead atoms. The van der Waals surface area contributed by atoms with E-state index in [1.165, 1.54) is 41.5 Å². The highest BCUT2D eigenvalue weighted by Gasteiger charge is 2.47. The van der Waals surface area contributed by atoms with Crippen LogP contribution in [0.4, 0.5) is 11.5 Å². The maximum absolute atomic E-state index is 12.5. The van der Waals surface area contributed by atoms with Crippen LogP contribution in [0.3, 0.4) is 0 Å². The van der Waals surface area contributed by atoms with Crippen molar-refractivity contribution in [2.24, 2.45) is 0 Å². The van der Waals surface area contributed by atoms with Crippen LogP contribution in [0.5, 0.6) is 0 Å². The van der Waals surface area contributed by atoms with Gasteiger partial charge in [0.05, 0.1) is 19.0 Å². The van der Waals surface area contributed by atoms with Gasteiger partial charge in [-0.2, -0.15) is 0 Å². The van der Waals surface area contributed by atoms with Crippen LogP contribution in [0, 0.1) is 0 Å². The number of ether oxygens (including phenoxy) is 1. The Kier molecular flexibility index (Phi) is 6.80. The Morgan fingerprint density at radius 1 is 1.11 bits per heavy atom. The highest BCUT2D eigenvalue weighted by atomic mass is 31.2. The topological polar surface area (TPSA) is 235 Å². The molecule has 1 aliphatic rings. The zero-order valence-corrected chi connectivity index (χ0v) is 18.8. The van der Waals surface area contributed by atoms with E-state index in [0.29, 0.717) is 11.3 Å². The first-order valence-corrected chi connectivity index (χ1v) is 12.0. The molecule has 3 aromatic rings. The number of aromatic nitrogens is 4. The van der Waals surface area contributed by atoms with Gasteiger partial charge in [-0.25, -0.2) is 15.0 Å². The second kappa shape index (κ2) is 9.65. The Labute approximate surface area is 197 Å². The van der Waals surface area contributed by atoms with Gasteiger partial charge in [0.1, 0.15) is 24.1 Å². The summed E-state index contributed by atoms with van der Waals surface area (Å²) in [6.45, 7) is -0.464. The van der Waals surface area contributed by atoms with Gasteiger partial charge in [-0.15, -0.1) is 0 Å². The Hall–Kier alpha value is -3.46. The van der Waals surface area contributed by atoms with E-state index in [-0.39, 0.29) is 17.0 Å². The maximum atomic E-state index is 12.5. The molecule has 0 radical (unpaired) electrons. The average Bonchev–Trinajstić information content (AvgIpc) is 3.35. The third kappa shape index (κ3) is 5.45. The lowest BCUT2D eigenvalue weighted by molar-refractivity contribution is -0.138. The van der Waals surface area contributed by atoms with Crippen molar-refractivity contribution in [1.82, 2.24) is 24.8 Å². The zero-order chi connectivity index (χ0) is 25.3. The number of nitrogen functional groups attached to an aromatic ring is 1. The Balaban J connectivity index is 1.34. The van der Waals surface area contributed by atoms with Crippen molar-refractivity contribution >= 4 is 42.1 Å². The van der Waals surface area contributed by atoms with Crippen molar-refractivity contribution in [2.75, 3.05) is 17.6 Å². The third-order valence-corrected chi connectivity index (χ3v) is 5.98. The molecule has 0 saturated carbocycles. The number of carbonyl (C=O) groups excluding carboxylic acids is 2. The number of anilines is 2. The quantitative estimate of drug-likeness (QED) is 0.180. The number of carbonyl (C=O) groups is 2. The highest BCUT2D eigenvalue weighted by molar-refractivity contribution is 7.50. The molecular weight excluding hydrogens is 485 g/mol. The first-order valence-electron chi connectivity index (χ1n) is 10.2. The van der Waals surface area contributed by atoms with E-state index < -0.39 is 56.7 Å². The number of amides is 2. The lowest BCUT2D eigenvalue weighted by atomic mass is 10.1. The summed E-state index contributed by atoms with van der Waals surface area (Å²) in [5.41, 5.74) is 6.99. The molecule has 16 heteroatoms. The SMILES string of the molecule is Nc1ncnc2c1ncn2[C@@H]1O[C@H](C(=O)NCC(=O)Nc2ccc(CP(=O)(O)O)cc2)[C@@H](O)[C@@H]1O. The van der Waals surface area contributed by atoms with Crippen LogP contribution in [-0.2, 0) is 25.1 Å². The molecular formula is C19H22N7O8P. The molecule has 0 aliphatic carbocycles. The van der Waals surface area contributed by atoms with Crippen LogP contribution in [0.15, 0.2) is 36.9 Å². The number of benzene rings is 1. The van der Waals surface area contributed by atoms with Gasteiger partial charge in [0.15, 0.2) is 23.8 Å². The lowest BCUT2D eigenvalue weighted by Gasteiger charge is -2.16. The first-order chi connectivity index (χ1) is 16.5. The van der Waals surface area contributed by atoms with Crippen molar-refractivity contribution in [2.45, 2.75) is 30.7 Å². The summed E-state index contributed by atoms with van der Waals surface area (Å²) in [5.74, 6) is -1.32. The molecule has 1 saturated heterocycles. The summed E-state index contributed by atoms with van der Waals surface area (Å²) >= 11 is 0. The first kappa shape index (κ1) is 24.7. The Morgan fingerprint density at radius 2 is 1.83 bits per heavy atom. The van der Waals surface area contributed by atoms with Crippen LogP contribution in [0.1, 0.15) is 11.8 Å². The van der Waals surface area contributed by atoms with Gasteiger partial charge in [-0.3, -0.25) is 18.7 Å². The number of hydrogen-bond donors (Lipinski definition) is 7. The van der Waals surface area contributed by atoms with E-state index in [1.807, 2.05) is 0 Å². The van der Waals surface area contributed by atoms with Crippen LogP contribution in [0.25, 0.3) is 11.2 Å². The van der Waals surface area contributed by atoms with E-state index in [0.717, 1.165) is 0 Å². The second-order valence-corrected chi connectivity index (χ2v) is 9.44. The minimum Gasteiger partial charge on any atom is -0.387 e. The lowest BCUT2D eigenvalue weighted by Crippen LogP contribution is -2.45. The van der Waals surface area contributed by atoms with Crippen LogP contribution < -0.4 is 16.4 Å². The van der Waals surface area contributed by atoms with Crippen molar-refractivity contribution in [1.29, 1.82) is 0 Å². The number of nitrogens with zero attached hydrogens (tertiary/aromatic N) is 4. The largest absolute Gasteiger partial charge is 0.387 e. The number of imidazole rings is 1. The number of nitrogens with two attached hydrogens (primary N) is 1. The number of rotatable bonds is 7. The molecule has 35 heavy (non-hydrogen) atoms. The summed E-state index contributed by atoms with van der Waals surface area (Å²) in [4.78, 5) is 54.6. The van der Waals surface area contributed by atoms with Crippen molar-refractivity contribution in [3.63, 3.8) is 0 Å². The number of aliphatic hydroxyl groups is 2. The molecule has 2 aromatic heterocycles. The van der Waals surface area contributed by atoms with E-state index in [4.69, 9.17) is 20.3 Å². The molecule has 8 N–H and O–H groups in total. The Bertz CT molecular complexity index is 1290. The smallest absolute Gasteiger partial charge is 0.329 e. The van der Waals surface area contributed by atoms with E-state index in [9.17, 15) is 24.4 Å². The maximum Gasteiger partial charge on any atom is 0.329 e. The van der Waals surface area contributed by atoms with Crippen LogP contribution in [0.2, 0.25) is 0 Å². The van der Waals surface area contributed by atoms with Gasteiger partial charge in [-0.05, 0) is 17.7 Å². The second-order valence-electron chi connectivity index (χ2n) is 7.80. The normalized spacial score (nSPS) is 22.3. The van der Waals surface area contributed by atoms with E-state index >= 15 is 0 Å². The molecule has 4 rings (SSSR count). The molecule has 0 unspecified atom stereocenters. The molecule has 15 nitrogen and oxygen atoms in total. The number of nitrogens with one attached hydrogen (secondary N) is 2.